The number of carbonyl (C=O) groups excluding carboxylic acids is 3. The minimum Gasteiger partial charge on any atom is -0.508 e. The van der Waals surface area contributed by atoms with Crippen LogP contribution in [-0.2, 0) is 20.8 Å². The van der Waals surface area contributed by atoms with E-state index in [4.69, 9.17) is 0 Å². The third-order valence-electron chi connectivity index (χ3n) is 10.2. The Kier molecular flexibility index (Phi) is 7.02. The number of aryl methyl sites for hydroxylation is 1. The molecule has 2 aromatic rings. The smallest absolute Gasteiger partial charge is 0.203 e. The molecule has 5 rings (SSSR count). The van der Waals surface area contributed by atoms with Gasteiger partial charge in [0.2, 0.25) is 5.78 Å². The zero-order valence-electron chi connectivity index (χ0n) is 24.5. The van der Waals surface area contributed by atoms with Crippen molar-refractivity contribution in [1.29, 1.82) is 0 Å². The summed E-state index contributed by atoms with van der Waals surface area (Å²) in [5.41, 5.74) is -5.79. The molecule has 6 atom stereocenters. The molecular formula is C34H38O8. The Labute approximate surface area is 245 Å². The van der Waals surface area contributed by atoms with Crippen LogP contribution in [0.3, 0.4) is 0 Å². The van der Waals surface area contributed by atoms with Gasteiger partial charge in [-0.25, -0.2) is 0 Å². The van der Waals surface area contributed by atoms with E-state index in [0.717, 1.165) is 12.5 Å². The fourth-order valence-corrected chi connectivity index (χ4v) is 8.34. The van der Waals surface area contributed by atoms with E-state index in [1.54, 1.807) is 32.9 Å². The number of hydrogen-bond donors (Lipinski definition) is 5. The summed E-state index contributed by atoms with van der Waals surface area (Å²) in [5.74, 6) is -7.07. The molecule has 0 aliphatic heterocycles. The van der Waals surface area contributed by atoms with Crippen LogP contribution in [0.4, 0.5) is 0 Å². The van der Waals surface area contributed by atoms with Gasteiger partial charge >= 0.3 is 0 Å². The minimum absolute atomic E-state index is 0.0185. The second-order valence-electron chi connectivity index (χ2n) is 12.8. The van der Waals surface area contributed by atoms with Gasteiger partial charge in [0.15, 0.2) is 17.2 Å². The molecule has 2 aromatic carbocycles. The van der Waals surface area contributed by atoms with E-state index in [1.807, 2.05) is 30.3 Å². The number of aliphatic hydroxyl groups is 4. The maximum Gasteiger partial charge on any atom is 0.203 e. The van der Waals surface area contributed by atoms with Crippen molar-refractivity contribution in [3.63, 3.8) is 0 Å². The van der Waals surface area contributed by atoms with Crippen LogP contribution in [0.2, 0.25) is 0 Å². The first kappa shape index (κ1) is 29.7. The third kappa shape index (κ3) is 3.64. The van der Waals surface area contributed by atoms with E-state index < -0.39 is 74.7 Å². The van der Waals surface area contributed by atoms with Crippen molar-refractivity contribution in [3.05, 3.63) is 82.1 Å². The van der Waals surface area contributed by atoms with E-state index in [2.05, 4.69) is 0 Å². The third-order valence-corrected chi connectivity index (χ3v) is 10.2. The predicted molar refractivity (Wildman–Crippen MR) is 156 cm³/mol. The molecule has 0 aromatic heterocycles. The molecule has 1 fully saturated rings. The second kappa shape index (κ2) is 9.92. The summed E-state index contributed by atoms with van der Waals surface area (Å²) in [6.45, 7) is 7.50. The normalized spacial score (nSPS) is 32.5. The summed E-state index contributed by atoms with van der Waals surface area (Å²) >= 11 is 0. The fraction of sp³-hybridized carbons (Fsp3) is 0.441. The molecule has 8 nitrogen and oxygen atoms in total. The van der Waals surface area contributed by atoms with E-state index >= 15 is 0 Å². The monoisotopic (exact) mass is 574 g/mol. The van der Waals surface area contributed by atoms with E-state index in [0.29, 0.717) is 24.8 Å². The van der Waals surface area contributed by atoms with Crippen LogP contribution < -0.4 is 0 Å². The summed E-state index contributed by atoms with van der Waals surface area (Å²) in [6, 6.07) is 14.5. The SMILES string of the molecule is CC(=O)C1=C(O)[C@]2(O)C(=O)C3=C(O)c4c(O)cccc4[C@@H](CCCc4ccccc4)[C@]3(C)[C@@H](O)[C@]2(C)C(C(C)C)C1=O. The molecule has 0 radical (unpaired) electrons. The highest BCUT2D eigenvalue weighted by Crippen LogP contribution is 2.68. The molecule has 0 saturated heterocycles. The highest BCUT2D eigenvalue weighted by Gasteiger charge is 2.77. The van der Waals surface area contributed by atoms with Crippen molar-refractivity contribution >= 4 is 23.1 Å². The number of fused-ring (bicyclic) bond motifs is 3. The zero-order valence-corrected chi connectivity index (χ0v) is 24.5. The summed E-state index contributed by atoms with van der Waals surface area (Å²) in [7, 11) is 0. The Morgan fingerprint density at radius 1 is 0.976 bits per heavy atom. The lowest BCUT2D eigenvalue weighted by atomic mass is 9.40. The van der Waals surface area contributed by atoms with Crippen LogP contribution in [0, 0.1) is 22.7 Å². The van der Waals surface area contributed by atoms with Crippen LogP contribution in [-0.4, -0.2) is 54.6 Å². The van der Waals surface area contributed by atoms with Gasteiger partial charge < -0.3 is 25.5 Å². The van der Waals surface area contributed by atoms with Crippen molar-refractivity contribution in [2.75, 3.05) is 0 Å². The average Bonchev–Trinajstić information content (AvgIpc) is 2.92. The minimum atomic E-state index is -2.89. The second-order valence-corrected chi connectivity index (χ2v) is 12.8. The number of phenols is 1. The fourth-order valence-electron chi connectivity index (χ4n) is 8.34. The molecule has 8 heteroatoms. The molecule has 1 saturated carbocycles. The van der Waals surface area contributed by atoms with Crippen LogP contribution in [0.25, 0.3) is 5.76 Å². The molecule has 3 aliphatic carbocycles. The standard InChI is InChI=1S/C34H38O8/c1-17(2)25-27(37)23(18(3)35)29(39)34(42)30(40)26-28(38)24-20(14-10-16-22(24)36)21(32(26,4)31(41)33(25,34)5)15-9-13-19-11-7-6-8-12-19/h6-8,10-12,14,16-17,21,25,31,36,38-39,41-42H,9,13,15H2,1-5H3/t21-,25?,31-,32+,33+,34+/m1/s1. The van der Waals surface area contributed by atoms with Gasteiger partial charge in [-0.3, -0.25) is 14.4 Å². The molecular weight excluding hydrogens is 536 g/mol. The average molecular weight is 575 g/mol. The van der Waals surface area contributed by atoms with Gasteiger partial charge in [-0.1, -0.05) is 70.2 Å². The maximum absolute atomic E-state index is 14.6. The van der Waals surface area contributed by atoms with Gasteiger partial charge in [0.05, 0.1) is 17.2 Å². The number of aliphatic hydroxyl groups excluding tert-OH is 3. The Balaban J connectivity index is 1.78. The maximum atomic E-state index is 14.6. The number of ketones is 3. The van der Waals surface area contributed by atoms with Crippen LogP contribution >= 0.6 is 0 Å². The van der Waals surface area contributed by atoms with Crippen molar-refractivity contribution in [3.8, 4) is 5.75 Å². The molecule has 0 amide bonds. The van der Waals surface area contributed by atoms with E-state index in [9.17, 15) is 39.9 Å². The Morgan fingerprint density at radius 3 is 2.21 bits per heavy atom. The first-order chi connectivity index (χ1) is 19.7. The lowest BCUT2D eigenvalue weighted by Gasteiger charge is -2.64. The highest BCUT2D eigenvalue weighted by atomic mass is 16.4. The summed E-state index contributed by atoms with van der Waals surface area (Å²) in [6.07, 6.45) is 0.102. The van der Waals surface area contributed by atoms with Gasteiger partial charge in [0, 0.05) is 16.7 Å². The highest BCUT2D eigenvalue weighted by molar-refractivity contribution is 6.24. The summed E-state index contributed by atoms with van der Waals surface area (Å²) < 4.78 is 0. The molecule has 42 heavy (non-hydrogen) atoms. The number of carbonyl (C=O) groups is 3. The Hall–Kier alpha value is -3.75. The summed E-state index contributed by atoms with van der Waals surface area (Å²) in [5, 5.41) is 58.6. The number of Topliss-reactive ketones (excluding diaryl/α,β-unsaturated/α-hetero) is 3. The van der Waals surface area contributed by atoms with Gasteiger partial charge in [0.1, 0.15) is 22.8 Å². The number of phenolic OH excluding ortho intramolecular Hbond substituents is 1. The van der Waals surface area contributed by atoms with E-state index in [1.165, 1.54) is 13.0 Å². The molecule has 0 bridgehead atoms. The largest absolute Gasteiger partial charge is 0.508 e. The van der Waals surface area contributed by atoms with Gasteiger partial charge in [0.25, 0.3) is 0 Å². The number of benzene rings is 2. The van der Waals surface area contributed by atoms with Crippen molar-refractivity contribution in [2.24, 2.45) is 22.7 Å². The van der Waals surface area contributed by atoms with Gasteiger partial charge in [-0.2, -0.15) is 0 Å². The van der Waals surface area contributed by atoms with Gasteiger partial charge in [-0.15, -0.1) is 0 Å². The summed E-state index contributed by atoms with van der Waals surface area (Å²) in [4.78, 5) is 41.0. The first-order valence-corrected chi connectivity index (χ1v) is 14.4. The van der Waals surface area contributed by atoms with Crippen LogP contribution in [0.1, 0.15) is 70.1 Å². The molecule has 1 unspecified atom stereocenters. The predicted octanol–water partition coefficient (Wildman–Crippen LogP) is 4.72. The van der Waals surface area contributed by atoms with Crippen molar-refractivity contribution in [1.82, 2.24) is 0 Å². The van der Waals surface area contributed by atoms with Gasteiger partial charge in [-0.05, 0) is 55.2 Å². The Morgan fingerprint density at radius 2 is 1.62 bits per heavy atom. The lowest BCUT2D eigenvalue weighted by molar-refractivity contribution is -0.216. The van der Waals surface area contributed by atoms with Crippen molar-refractivity contribution in [2.45, 2.75) is 71.5 Å². The van der Waals surface area contributed by atoms with Crippen LogP contribution in [0.15, 0.2) is 65.4 Å². The van der Waals surface area contributed by atoms with Crippen molar-refractivity contribution < 1.29 is 39.9 Å². The topological polar surface area (TPSA) is 152 Å². The zero-order chi connectivity index (χ0) is 30.9. The quantitative estimate of drug-likeness (QED) is 0.311. The number of rotatable bonds is 6. The van der Waals surface area contributed by atoms with E-state index in [-0.39, 0.29) is 16.9 Å². The molecule has 0 spiro atoms. The number of allylic oxidation sites excluding steroid dienone is 1. The molecule has 3 aliphatic rings. The molecule has 0 heterocycles. The Bertz CT molecular complexity index is 1550. The molecule has 222 valence electrons. The number of aromatic hydroxyl groups is 1. The lowest BCUT2D eigenvalue weighted by Crippen LogP contribution is -2.75. The molecule has 5 N–H and O–H groups in total. The van der Waals surface area contributed by atoms with Crippen LogP contribution in [0.5, 0.6) is 5.75 Å². The number of hydrogen-bond acceptors (Lipinski definition) is 8. The first-order valence-electron chi connectivity index (χ1n) is 14.4.